The Morgan fingerprint density at radius 3 is 2.91 bits per heavy atom. The number of carbonyl (C=O) groups is 1. The van der Waals surface area contributed by atoms with Crippen molar-refractivity contribution in [1.82, 2.24) is 5.32 Å². The van der Waals surface area contributed by atoms with E-state index >= 15 is 0 Å². The lowest BCUT2D eigenvalue weighted by Crippen LogP contribution is -2.41. The molecule has 1 rings (SSSR count). The maximum absolute atomic E-state index is 12.7. The van der Waals surface area contributed by atoms with E-state index in [0.29, 0.717) is 19.5 Å². The molecule has 1 saturated heterocycles. The third-order valence-corrected chi connectivity index (χ3v) is 1.83. The van der Waals surface area contributed by atoms with E-state index in [2.05, 4.69) is 10.1 Å². The number of nitrogens with one attached hydrogen (secondary N) is 1. The van der Waals surface area contributed by atoms with Gasteiger partial charge in [-0.05, 0) is 6.42 Å². The van der Waals surface area contributed by atoms with Gasteiger partial charge in [0.25, 0.3) is 0 Å². The SMILES string of the molecule is COC(=O)[C@H]1CNC[C@@H](F)C1. The van der Waals surface area contributed by atoms with Gasteiger partial charge in [-0.1, -0.05) is 0 Å². The molecule has 0 aromatic carbocycles. The van der Waals surface area contributed by atoms with Crippen LogP contribution in [0.5, 0.6) is 0 Å². The molecule has 1 heterocycles. The van der Waals surface area contributed by atoms with Gasteiger partial charge in [-0.25, -0.2) is 4.39 Å². The molecule has 1 N–H and O–H groups in total. The Morgan fingerprint density at radius 2 is 2.36 bits per heavy atom. The highest BCUT2D eigenvalue weighted by molar-refractivity contribution is 5.72. The fourth-order valence-electron chi connectivity index (χ4n) is 1.24. The van der Waals surface area contributed by atoms with Crippen molar-refractivity contribution in [3.05, 3.63) is 0 Å². The average molecular weight is 161 g/mol. The number of piperidine rings is 1. The minimum absolute atomic E-state index is 0.291. The summed E-state index contributed by atoms with van der Waals surface area (Å²) < 4.78 is 17.2. The number of carbonyl (C=O) groups excluding carboxylic acids is 1. The molecular formula is C7H12FNO2. The molecule has 1 aliphatic heterocycles. The van der Waals surface area contributed by atoms with Crippen LogP contribution in [0.1, 0.15) is 6.42 Å². The number of halogens is 1. The van der Waals surface area contributed by atoms with Crippen LogP contribution in [-0.2, 0) is 9.53 Å². The van der Waals surface area contributed by atoms with Gasteiger partial charge in [0.1, 0.15) is 6.17 Å². The molecule has 11 heavy (non-hydrogen) atoms. The first-order chi connectivity index (χ1) is 5.24. The maximum Gasteiger partial charge on any atom is 0.310 e. The van der Waals surface area contributed by atoms with Crippen LogP contribution < -0.4 is 5.32 Å². The van der Waals surface area contributed by atoms with Crippen molar-refractivity contribution in [3.63, 3.8) is 0 Å². The number of hydrogen-bond acceptors (Lipinski definition) is 3. The number of esters is 1. The van der Waals surface area contributed by atoms with Gasteiger partial charge in [0, 0.05) is 13.1 Å². The molecule has 0 aliphatic carbocycles. The van der Waals surface area contributed by atoms with Gasteiger partial charge < -0.3 is 10.1 Å². The predicted molar refractivity (Wildman–Crippen MR) is 37.9 cm³/mol. The lowest BCUT2D eigenvalue weighted by atomic mass is 9.99. The molecule has 64 valence electrons. The normalized spacial score (nSPS) is 31.5. The van der Waals surface area contributed by atoms with Gasteiger partial charge in [-0.2, -0.15) is 0 Å². The van der Waals surface area contributed by atoms with Crippen molar-refractivity contribution in [2.45, 2.75) is 12.6 Å². The molecule has 1 fully saturated rings. The Labute approximate surface area is 64.9 Å². The van der Waals surface area contributed by atoms with Crippen molar-refractivity contribution in [2.24, 2.45) is 5.92 Å². The predicted octanol–water partition coefficient (Wildman–Crippen LogP) is 0.107. The number of methoxy groups -OCH3 is 1. The highest BCUT2D eigenvalue weighted by Crippen LogP contribution is 2.14. The van der Waals surface area contributed by atoms with Gasteiger partial charge in [0.15, 0.2) is 0 Å². The lowest BCUT2D eigenvalue weighted by molar-refractivity contribution is -0.146. The van der Waals surface area contributed by atoms with Crippen molar-refractivity contribution >= 4 is 5.97 Å². The van der Waals surface area contributed by atoms with Crippen LogP contribution in [0.25, 0.3) is 0 Å². The minimum Gasteiger partial charge on any atom is -0.469 e. The van der Waals surface area contributed by atoms with Gasteiger partial charge in [0.05, 0.1) is 13.0 Å². The Morgan fingerprint density at radius 1 is 1.64 bits per heavy atom. The summed E-state index contributed by atoms with van der Waals surface area (Å²) >= 11 is 0. The zero-order valence-electron chi connectivity index (χ0n) is 6.47. The van der Waals surface area contributed by atoms with Crippen molar-refractivity contribution < 1.29 is 13.9 Å². The second kappa shape index (κ2) is 3.67. The van der Waals surface area contributed by atoms with E-state index in [4.69, 9.17) is 0 Å². The van der Waals surface area contributed by atoms with E-state index in [-0.39, 0.29) is 11.9 Å². The summed E-state index contributed by atoms with van der Waals surface area (Å²) in [5.41, 5.74) is 0. The van der Waals surface area contributed by atoms with Gasteiger partial charge in [-0.15, -0.1) is 0 Å². The molecule has 0 unspecified atom stereocenters. The molecule has 0 aromatic rings. The first-order valence-corrected chi connectivity index (χ1v) is 3.66. The van der Waals surface area contributed by atoms with E-state index < -0.39 is 6.17 Å². The number of hydrogen-bond donors (Lipinski definition) is 1. The number of alkyl halides is 1. The zero-order valence-corrected chi connectivity index (χ0v) is 6.47. The molecule has 0 bridgehead atoms. The number of rotatable bonds is 1. The second-order valence-electron chi connectivity index (χ2n) is 2.71. The Hall–Kier alpha value is -0.640. The summed E-state index contributed by atoms with van der Waals surface area (Å²) in [6.07, 6.45) is -0.618. The quantitative estimate of drug-likeness (QED) is 0.554. The summed E-state index contributed by atoms with van der Waals surface area (Å²) in [6, 6.07) is 0. The first kappa shape index (κ1) is 8.46. The largest absolute Gasteiger partial charge is 0.469 e. The van der Waals surface area contributed by atoms with Crippen LogP contribution in [0.3, 0.4) is 0 Å². The van der Waals surface area contributed by atoms with Crippen molar-refractivity contribution in [3.8, 4) is 0 Å². The molecule has 0 radical (unpaired) electrons. The van der Waals surface area contributed by atoms with Gasteiger partial charge in [0.2, 0.25) is 0 Å². The van der Waals surface area contributed by atoms with Crippen LogP contribution in [0.4, 0.5) is 4.39 Å². The fraction of sp³-hybridized carbons (Fsp3) is 0.857. The van der Waals surface area contributed by atoms with Crippen LogP contribution in [0.2, 0.25) is 0 Å². The van der Waals surface area contributed by atoms with Gasteiger partial charge >= 0.3 is 5.97 Å². The molecule has 0 amide bonds. The molecule has 0 spiro atoms. The third kappa shape index (κ3) is 2.15. The monoisotopic (exact) mass is 161 g/mol. The van der Waals surface area contributed by atoms with E-state index in [9.17, 15) is 9.18 Å². The van der Waals surface area contributed by atoms with E-state index in [1.807, 2.05) is 0 Å². The number of ether oxygens (including phenoxy) is 1. The van der Waals surface area contributed by atoms with Crippen LogP contribution in [0, 0.1) is 5.92 Å². The molecule has 3 nitrogen and oxygen atoms in total. The zero-order chi connectivity index (χ0) is 8.27. The van der Waals surface area contributed by atoms with E-state index in [1.54, 1.807) is 0 Å². The standard InChI is InChI=1S/C7H12FNO2/c1-11-7(10)5-2-6(8)4-9-3-5/h5-6,9H,2-4H2,1H3/t5-,6+/m1/s1. The summed E-state index contributed by atoms with van der Waals surface area (Å²) in [4.78, 5) is 10.9. The average Bonchev–Trinajstić information content (AvgIpc) is 2.03. The Bertz CT molecular complexity index is 151. The van der Waals surface area contributed by atoms with Crippen molar-refractivity contribution in [2.75, 3.05) is 20.2 Å². The molecule has 1 aliphatic rings. The van der Waals surface area contributed by atoms with Crippen LogP contribution in [0.15, 0.2) is 0 Å². The Kier molecular flexibility index (Phi) is 2.82. The summed E-state index contributed by atoms with van der Waals surface area (Å²) in [5, 5.41) is 2.82. The maximum atomic E-state index is 12.7. The fourth-order valence-corrected chi connectivity index (χ4v) is 1.24. The molecule has 2 atom stereocenters. The van der Waals surface area contributed by atoms with Gasteiger partial charge in [-0.3, -0.25) is 4.79 Å². The van der Waals surface area contributed by atoms with E-state index in [1.165, 1.54) is 7.11 Å². The summed E-state index contributed by atoms with van der Waals surface area (Å²) in [5.74, 6) is -0.622. The van der Waals surface area contributed by atoms with Crippen LogP contribution >= 0.6 is 0 Å². The molecule has 4 heteroatoms. The minimum atomic E-state index is -0.909. The molecule has 0 aromatic heterocycles. The first-order valence-electron chi connectivity index (χ1n) is 3.66. The highest BCUT2D eigenvalue weighted by atomic mass is 19.1. The van der Waals surface area contributed by atoms with Crippen molar-refractivity contribution in [1.29, 1.82) is 0 Å². The molecule has 0 saturated carbocycles. The summed E-state index contributed by atoms with van der Waals surface area (Å²) in [6.45, 7) is 0.889. The van der Waals surface area contributed by atoms with Crippen LogP contribution in [-0.4, -0.2) is 32.3 Å². The summed E-state index contributed by atoms with van der Waals surface area (Å²) in [7, 11) is 1.32. The second-order valence-corrected chi connectivity index (χ2v) is 2.71. The lowest BCUT2D eigenvalue weighted by Gasteiger charge is -2.23. The highest BCUT2D eigenvalue weighted by Gasteiger charge is 2.27. The topological polar surface area (TPSA) is 38.3 Å². The van der Waals surface area contributed by atoms with E-state index in [0.717, 1.165) is 0 Å². The molecular weight excluding hydrogens is 149 g/mol. The smallest absolute Gasteiger partial charge is 0.310 e. The third-order valence-electron chi connectivity index (χ3n) is 1.83. The Balaban J connectivity index is 2.39.